The molecule has 4 heteroatoms. The van der Waals surface area contributed by atoms with Crippen LogP contribution in [-0.4, -0.2) is 36.0 Å². The third kappa shape index (κ3) is 3.78. The van der Waals surface area contributed by atoms with Gasteiger partial charge in [-0.15, -0.1) is 0 Å². The molecule has 104 valence electrons. The predicted molar refractivity (Wildman–Crippen MR) is 77.3 cm³/mol. The average molecular weight is 261 g/mol. The Balaban J connectivity index is 2.20. The molecule has 1 heterocycles. The topological polar surface area (TPSA) is 62.3 Å². The van der Waals surface area contributed by atoms with Gasteiger partial charge in [0.2, 0.25) is 0 Å². The van der Waals surface area contributed by atoms with E-state index >= 15 is 0 Å². The summed E-state index contributed by atoms with van der Waals surface area (Å²) in [7, 11) is 0. The van der Waals surface area contributed by atoms with Crippen LogP contribution in [0.25, 0.3) is 0 Å². The third-order valence-electron chi connectivity index (χ3n) is 3.49. The Morgan fingerprint density at radius 2 is 1.89 bits per heavy atom. The van der Waals surface area contributed by atoms with Crippen LogP contribution in [0.5, 0.6) is 0 Å². The molecule has 19 heavy (non-hydrogen) atoms. The van der Waals surface area contributed by atoms with Crippen LogP contribution in [0.15, 0.2) is 30.3 Å². The molecule has 1 aliphatic rings. The first-order valence-electron chi connectivity index (χ1n) is 6.83. The highest BCUT2D eigenvalue weighted by molar-refractivity contribution is 5.77. The van der Waals surface area contributed by atoms with Gasteiger partial charge in [0.05, 0.1) is 18.0 Å². The molecule has 1 saturated heterocycles. The van der Waals surface area contributed by atoms with E-state index in [0.717, 1.165) is 13.1 Å². The number of rotatable bonds is 4. The van der Waals surface area contributed by atoms with Crippen LogP contribution < -0.4 is 5.73 Å². The van der Waals surface area contributed by atoms with E-state index in [9.17, 15) is 0 Å². The molecule has 4 nitrogen and oxygen atoms in total. The van der Waals surface area contributed by atoms with Crippen LogP contribution in [-0.2, 0) is 4.74 Å². The van der Waals surface area contributed by atoms with Crippen molar-refractivity contribution in [1.29, 1.82) is 5.41 Å². The van der Waals surface area contributed by atoms with Crippen LogP contribution >= 0.6 is 0 Å². The van der Waals surface area contributed by atoms with Crippen LogP contribution in [0.2, 0.25) is 0 Å². The van der Waals surface area contributed by atoms with Gasteiger partial charge in [0.25, 0.3) is 0 Å². The summed E-state index contributed by atoms with van der Waals surface area (Å²) in [5, 5.41) is 7.61. The smallest absolute Gasteiger partial charge is 0.0924 e. The molecule has 0 bridgehead atoms. The van der Waals surface area contributed by atoms with E-state index in [4.69, 9.17) is 15.9 Å². The molecule has 0 spiro atoms. The summed E-state index contributed by atoms with van der Waals surface area (Å²) < 4.78 is 5.78. The number of nitrogens with two attached hydrogens (primary N) is 1. The van der Waals surface area contributed by atoms with Crippen LogP contribution in [0.3, 0.4) is 0 Å². The van der Waals surface area contributed by atoms with Gasteiger partial charge in [-0.25, -0.2) is 0 Å². The Hall–Kier alpha value is -1.39. The molecule has 0 radical (unpaired) electrons. The molecule has 3 atom stereocenters. The van der Waals surface area contributed by atoms with Gasteiger partial charge in [-0.05, 0) is 19.4 Å². The van der Waals surface area contributed by atoms with Crippen LogP contribution in [0.4, 0.5) is 0 Å². The van der Waals surface area contributed by atoms with Crippen molar-refractivity contribution in [3.05, 3.63) is 35.9 Å². The molecule has 0 aliphatic carbocycles. The molecule has 1 aromatic carbocycles. The van der Waals surface area contributed by atoms with E-state index in [1.165, 1.54) is 5.56 Å². The maximum absolute atomic E-state index is 7.61. The van der Waals surface area contributed by atoms with E-state index < -0.39 is 0 Å². The first kappa shape index (κ1) is 14.0. The van der Waals surface area contributed by atoms with Crippen molar-refractivity contribution in [2.45, 2.75) is 38.5 Å². The highest BCUT2D eigenvalue weighted by atomic mass is 16.5. The number of morpholine rings is 1. The van der Waals surface area contributed by atoms with Crippen molar-refractivity contribution >= 4 is 5.84 Å². The molecule has 1 fully saturated rings. The van der Waals surface area contributed by atoms with E-state index in [-0.39, 0.29) is 24.1 Å². The standard InChI is InChI=1S/C15H23N3O/c1-11-9-18(10-12(2)19-11)14(8-15(16)17)13-6-4-3-5-7-13/h3-7,11-12,14H,8-10H2,1-2H3,(H3,16,17). The highest BCUT2D eigenvalue weighted by Gasteiger charge is 2.29. The highest BCUT2D eigenvalue weighted by Crippen LogP contribution is 2.27. The summed E-state index contributed by atoms with van der Waals surface area (Å²) in [6.07, 6.45) is 1.02. The third-order valence-corrected chi connectivity index (χ3v) is 3.49. The van der Waals surface area contributed by atoms with E-state index in [0.29, 0.717) is 6.42 Å². The quantitative estimate of drug-likeness (QED) is 0.645. The summed E-state index contributed by atoms with van der Waals surface area (Å²) in [4.78, 5) is 2.38. The Kier molecular flexibility index (Phi) is 4.56. The van der Waals surface area contributed by atoms with Crippen LogP contribution in [0.1, 0.15) is 31.9 Å². The number of ether oxygens (including phenoxy) is 1. The number of hydrogen-bond acceptors (Lipinski definition) is 3. The first-order valence-corrected chi connectivity index (χ1v) is 6.83. The van der Waals surface area contributed by atoms with Gasteiger partial charge in [-0.1, -0.05) is 30.3 Å². The number of benzene rings is 1. The number of nitrogens with one attached hydrogen (secondary N) is 1. The van der Waals surface area contributed by atoms with Crippen molar-refractivity contribution in [2.75, 3.05) is 13.1 Å². The number of hydrogen-bond donors (Lipinski definition) is 2. The maximum atomic E-state index is 7.61. The van der Waals surface area contributed by atoms with Crippen LogP contribution in [0, 0.1) is 5.41 Å². The fraction of sp³-hybridized carbons (Fsp3) is 0.533. The Bertz CT molecular complexity index is 411. The van der Waals surface area contributed by atoms with Gasteiger partial charge in [0, 0.05) is 25.6 Å². The SMILES string of the molecule is CC1CN(C(CC(=N)N)c2ccccc2)CC(C)O1. The van der Waals surface area contributed by atoms with Crippen molar-refractivity contribution < 1.29 is 4.74 Å². The number of amidine groups is 1. The summed E-state index contributed by atoms with van der Waals surface area (Å²) in [5.41, 5.74) is 6.85. The molecule has 0 amide bonds. The maximum Gasteiger partial charge on any atom is 0.0924 e. The summed E-state index contributed by atoms with van der Waals surface area (Å²) >= 11 is 0. The number of nitrogens with zero attached hydrogens (tertiary/aromatic N) is 1. The van der Waals surface area contributed by atoms with Crippen molar-refractivity contribution in [3.63, 3.8) is 0 Å². The Labute approximate surface area is 115 Å². The van der Waals surface area contributed by atoms with Gasteiger partial charge >= 0.3 is 0 Å². The molecule has 1 aliphatic heterocycles. The van der Waals surface area contributed by atoms with E-state index in [2.05, 4.69) is 30.9 Å². The van der Waals surface area contributed by atoms with Crippen molar-refractivity contribution in [2.24, 2.45) is 5.73 Å². The summed E-state index contributed by atoms with van der Waals surface area (Å²) in [6, 6.07) is 10.5. The monoisotopic (exact) mass is 261 g/mol. The molecule has 1 aromatic rings. The Morgan fingerprint density at radius 3 is 2.42 bits per heavy atom. The first-order chi connectivity index (χ1) is 9.06. The lowest BCUT2D eigenvalue weighted by atomic mass is 10.00. The average Bonchev–Trinajstić information content (AvgIpc) is 2.35. The van der Waals surface area contributed by atoms with Crippen molar-refractivity contribution in [3.8, 4) is 0 Å². The normalized spacial score (nSPS) is 26.0. The van der Waals surface area contributed by atoms with Gasteiger partial charge in [0.15, 0.2) is 0 Å². The zero-order valence-electron chi connectivity index (χ0n) is 11.7. The lowest BCUT2D eigenvalue weighted by Crippen LogP contribution is -2.47. The summed E-state index contributed by atoms with van der Waals surface area (Å²) in [6.45, 7) is 5.96. The molecule has 3 unspecified atom stereocenters. The second-order valence-corrected chi connectivity index (χ2v) is 5.37. The minimum absolute atomic E-state index is 0.174. The zero-order chi connectivity index (χ0) is 13.8. The fourth-order valence-electron chi connectivity index (χ4n) is 2.81. The predicted octanol–water partition coefficient (Wildman–Crippen LogP) is 2.16. The lowest BCUT2D eigenvalue weighted by molar-refractivity contribution is -0.0802. The largest absolute Gasteiger partial charge is 0.388 e. The zero-order valence-corrected chi connectivity index (χ0v) is 11.7. The molecule has 0 aromatic heterocycles. The van der Waals surface area contributed by atoms with Gasteiger partial charge in [-0.3, -0.25) is 10.3 Å². The second kappa shape index (κ2) is 6.17. The molecular weight excluding hydrogens is 238 g/mol. The van der Waals surface area contributed by atoms with E-state index in [1.807, 2.05) is 18.2 Å². The van der Waals surface area contributed by atoms with Gasteiger partial charge in [-0.2, -0.15) is 0 Å². The Morgan fingerprint density at radius 1 is 1.32 bits per heavy atom. The minimum Gasteiger partial charge on any atom is -0.388 e. The minimum atomic E-state index is 0.174. The summed E-state index contributed by atoms with van der Waals surface area (Å²) in [5.74, 6) is 0.237. The second-order valence-electron chi connectivity index (χ2n) is 5.37. The molecular formula is C15H23N3O. The van der Waals surface area contributed by atoms with Gasteiger partial charge < -0.3 is 10.5 Å². The van der Waals surface area contributed by atoms with Gasteiger partial charge in [0.1, 0.15) is 0 Å². The molecule has 3 N–H and O–H groups in total. The lowest BCUT2D eigenvalue weighted by Gasteiger charge is -2.40. The fourth-order valence-corrected chi connectivity index (χ4v) is 2.81. The molecule has 2 rings (SSSR count). The van der Waals surface area contributed by atoms with Crippen molar-refractivity contribution in [1.82, 2.24) is 4.90 Å². The molecule has 0 saturated carbocycles. The van der Waals surface area contributed by atoms with E-state index in [1.54, 1.807) is 0 Å².